The van der Waals surface area contributed by atoms with E-state index in [0.29, 0.717) is 18.1 Å². The summed E-state index contributed by atoms with van der Waals surface area (Å²) in [7, 11) is 0. The first-order chi connectivity index (χ1) is 9.31. The lowest BCUT2D eigenvalue weighted by atomic mass is 10.1. The first kappa shape index (κ1) is 14.5. The minimum absolute atomic E-state index is 0.0485. The van der Waals surface area contributed by atoms with Crippen LogP contribution < -0.4 is 5.32 Å². The molecule has 1 unspecified atom stereocenters. The van der Waals surface area contributed by atoms with E-state index in [4.69, 9.17) is 4.74 Å². The Morgan fingerprint density at radius 1 is 1.32 bits per heavy atom. The van der Waals surface area contributed by atoms with Crippen molar-refractivity contribution in [3.8, 4) is 0 Å². The highest BCUT2D eigenvalue weighted by atomic mass is 19.1. The summed E-state index contributed by atoms with van der Waals surface area (Å²) in [6.07, 6.45) is 5.23. The van der Waals surface area contributed by atoms with Gasteiger partial charge in [-0.15, -0.1) is 0 Å². The van der Waals surface area contributed by atoms with Gasteiger partial charge in [-0.25, -0.2) is 4.39 Å². The van der Waals surface area contributed by atoms with Gasteiger partial charge in [0.2, 0.25) is 0 Å². The number of likely N-dealkylation sites (N-methyl/N-ethyl adjacent to an activating group) is 1. The third kappa shape index (κ3) is 4.29. The van der Waals surface area contributed by atoms with Crippen molar-refractivity contribution in [3.05, 3.63) is 35.6 Å². The molecule has 1 aliphatic carbocycles. The van der Waals surface area contributed by atoms with Crippen molar-refractivity contribution in [2.24, 2.45) is 5.92 Å². The molecule has 3 heteroatoms. The van der Waals surface area contributed by atoms with Crippen LogP contribution in [-0.4, -0.2) is 19.8 Å². The smallest absolute Gasteiger partial charge is 0.128 e. The zero-order valence-electron chi connectivity index (χ0n) is 11.7. The molecule has 0 amide bonds. The molecule has 0 heterocycles. The van der Waals surface area contributed by atoms with Crippen LogP contribution in [0.15, 0.2) is 24.3 Å². The van der Waals surface area contributed by atoms with Gasteiger partial charge in [0, 0.05) is 12.2 Å². The largest absolute Gasteiger partial charge is 0.379 e. The van der Waals surface area contributed by atoms with Crippen LogP contribution in [0.2, 0.25) is 0 Å². The van der Waals surface area contributed by atoms with Gasteiger partial charge in [-0.3, -0.25) is 0 Å². The number of hydrogen-bond acceptors (Lipinski definition) is 2. The summed E-state index contributed by atoms with van der Waals surface area (Å²) < 4.78 is 19.6. The van der Waals surface area contributed by atoms with E-state index in [1.54, 1.807) is 6.07 Å². The summed E-state index contributed by atoms with van der Waals surface area (Å²) in [6.45, 7) is 4.21. The molecule has 1 aliphatic rings. The molecule has 0 radical (unpaired) electrons. The van der Waals surface area contributed by atoms with Crippen molar-refractivity contribution < 1.29 is 9.13 Å². The van der Waals surface area contributed by atoms with Crippen molar-refractivity contribution in [1.82, 2.24) is 5.32 Å². The number of benzene rings is 1. The zero-order chi connectivity index (χ0) is 13.5. The first-order valence-corrected chi connectivity index (χ1v) is 7.36. The molecule has 0 aliphatic heterocycles. The van der Waals surface area contributed by atoms with Crippen molar-refractivity contribution in [1.29, 1.82) is 0 Å². The molecule has 2 rings (SSSR count). The molecule has 1 aromatic rings. The highest BCUT2D eigenvalue weighted by molar-refractivity contribution is 5.21. The Labute approximate surface area is 115 Å². The van der Waals surface area contributed by atoms with Crippen molar-refractivity contribution >= 4 is 0 Å². The minimum Gasteiger partial charge on any atom is -0.379 e. The predicted molar refractivity (Wildman–Crippen MR) is 75.6 cm³/mol. The number of ether oxygens (including phenoxy) is 1. The fourth-order valence-electron chi connectivity index (χ4n) is 2.79. The molecule has 19 heavy (non-hydrogen) atoms. The second-order valence-corrected chi connectivity index (χ2v) is 5.32. The monoisotopic (exact) mass is 265 g/mol. The summed E-state index contributed by atoms with van der Waals surface area (Å²) >= 11 is 0. The molecule has 0 aromatic heterocycles. The molecule has 1 saturated carbocycles. The molecule has 0 saturated heterocycles. The van der Waals surface area contributed by atoms with Gasteiger partial charge in [-0.2, -0.15) is 0 Å². The lowest BCUT2D eigenvalue weighted by Crippen LogP contribution is -2.27. The quantitative estimate of drug-likeness (QED) is 0.812. The van der Waals surface area contributed by atoms with Crippen LogP contribution in [0.3, 0.4) is 0 Å². The van der Waals surface area contributed by atoms with Crippen LogP contribution in [0.4, 0.5) is 4.39 Å². The number of halogens is 1. The molecular formula is C16H24FNO. The Morgan fingerprint density at radius 2 is 2.05 bits per heavy atom. The van der Waals surface area contributed by atoms with Gasteiger partial charge >= 0.3 is 0 Å². The van der Waals surface area contributed by atoms with Crippen LogP contribution in [0.5, 0.6) is 0 Å². The fourth-order valence-corrected chi connectivity index (χ4v) is 2.79. The fraction of sp³-hybridized carbons (Fsp3) is 0.625. The molecule has 1 fully saturated rings. The van der Waals surface area contributed by atoms with Gasteiger partial charge in [-0.05, 0) is 31.4 Å². The van der Waals surface area contributed by atoms with E-state index in [-0.39, 0.29) is 11.9 Å². The molecule has 2 nitrogen and oxygen atoms in total. The summed E-state index contributed by atoms with van der Waals surface area (Å²) in [5.74, 6) is 0.556. The number of nitrogens with one attached hydrogen (secondary N) is 1. The van der Waals surface area contributed by atoms with E-state index in [9.17, 15) is 4.39 Å². The maximum absolute atomic E-state index is 13.8. The molecule has 1 aromatic carbocycles. The van der Waals surface area contributed by atoms with Gasteiger partial charge in [0.15, 0.2) is 0 Å². The van der Waals surface area contributed by atoms with E-state index in [1.165, 1.54) is 31.7 Å². The number of rotatable bonds is 7. The molecule has 0 bridgehead atoms. The van der Waals surface area contributed by atoms with E-state index in [2.05, 4.69) is 5.32 Å². The molecule has 0 spiro atoms. The first-order valence-electron chi connectivity index (χ1n) is 7.36. The summed E-state index contributed by atoms with van der Waals surface area (Å²) in [6, 6.07) is 6.90. The second kappa shape index (κ2) is 7.61. The molecule has 1 N–H and O–H groups in total. The Kier molecular flexibility index (Phi) is 5.80. The van der Waals surface area contributed by atoms with Gasteiger partial charge in [0.25, 0.3) is 0 Å². The second-order valence-electron chi connectivity index (χ2n) is 5.32. The minimum atomic E-state index is -0.155. The maximum atomic E-state index is 13.8. The van der Waals surface area contributed by atoms with Crippen molar-refractivity contribution in [2.75, 3.05) is 19.8 Å². The highest BCUT2D eigenvalue weighted by Gasteiger charge is 2.18. The zero-order valence-corrected chi connectivity index (χ0v) is 11.7. The Bertz CT molecular complexity index is 377. The molecule has 1 atom stereocenters. The average Bonchev–Trinajstić information content (AvgIpc) is 2.92. The maximum Gasteiger partial charge on any atom is 0.128 e. The predicted octanol–water partition coefficient (Wildman–Crippen LogP) is 3.68. The van der Waals surface area contributed by atoms with Gasteiger partial charge < -0.3 is 10.1 Å². The van der Waals surface area contributed by atoms with Crippen LogP contribution in [-0.2, 0) is 4.74 Å². The lowest BCUT2D eigenvalue weighted by Gasteiger charge is -2.20. The number of hydrogen-bond donors (Lipinski definition) is 1. The van der Waals surface area contributed by atoms with Gasteiger partial charge in [-0.1, -0.05) is 38.0 Å². The average molecular weight is 265 g/mol. The topological polar surface area (TPSA) is 21.3 Å². The third-order valence-electron chi connectivity index (χ3n) is 3.84. The lowest BCUT2D eigenvalue weighted by molar-refractivity contribution is 0.0824. The van der Waals surface area contributed by atoms with Crippen LogP contribution in [0, 0.1) is 11.7 Å². The molecular weight excluding hydrogens is 241 g/mol. The van der Waals surface area contributed by atoms with E-state index < -0.39 is 0 Å². The van der Waals surface area contributed by atoms with Crippen molar-refractivity contribution in [2.45, 2.75) is 38.6 Å². The summed E-state index contributed by atoms with van der Waals surface area (Å²) in [4.78, 5) is 0. The van der Waals surface area contributed by atoms with Gasteiger partial charge in [0.05, 0.1) is 12.6 Å². The third-order valence-corrected chi connectivity index (χ3v) is 3.84. The van der Waals surface area contributed by atoms with E-state index in [1.807, 2.05) is 19.1 Å². The van der Waals surface area contributed by atoms with Crippen molar-refractivity contribution in [3.63, 3.8) is 0 Å². The summed E-state index contributed by atoms with van der Waals surface area (Å²) in [5, 5.41) is 3.30. The van der Waals surface area contributed by atoms with E-state index in [0.717, 1.165) is 13.2 Å². The normalized spacial score (nSPS) is 17.8. The Balaban J connectivity index is 1.87. The SMILES string of the molecule is CCNC(COCC1CCCC1)c1ccccc1F. The van der Waals surface area contributed by atoms with Crippen LogP contribution >= 0.6 is 0 Å². The highest BCUT2D eigenvalue weighted by Crippen LogP contribution is 2.25. The van der Waals surface area contributed by atoms with Gasteiger partial charge in [0.1, 0.15) is 5.82 Å². The Morgan fingerprint density at radius 3 is 2.74 bits per heavy atom. The summed E-state index contributed by atoms with van der Waals surface area (Å²) in [5.41, 5.74) is 0.704. The van der Waals surface area contributed by atoms with Crippen LogP contribution in [0.1, 0.15) is 44.2 Å². The standard InChI is InChI=1S/C16H24FNO/c1-2-18-16(14-9-5-6-10-15(14)17)12-19-11-13-7-3-4-8-13/h5-6,9-10,13,16,18H,2-4,7-8,11-12H2,1H3. The van der Waals surface area contributed by atoms with E-state index >= 15 is 0 Å². The molecule has 106 valence electrons. The van der Waals surface area contributed by atoms with Crippen LogP contribution in [0.25, 0.3) is 0 Å². The Hall–Kier alpha value is -0.930.